The zero-order chi connectivity index (χ0) is 12.6. The maximum Gasteiger partial charge on any atom is 0.125 e. The van der Waals surface area contributed by atoms with Crippen molar-refractivity contribution in [3.8, 4) is 0 Å². The van der Waals surface area contributed by atoms with Crippen LogP contribution in [0.5, 0.6) is 0 Å². The van der Waals surface area contributed by atoms with E-state index in [1.807, 2.05) is 31.5 Å². The molecule has 5 heteroatoms. The highest BCUT2D eigenvalue weighted by atomic mass is 35.5. The second-order valence-electron chi connectivity index (χ2n) is 4.14. The average Bonchev–Trinajstić information content (AvgIpc) is 2.76. The maximum absolute atomic E-state index is 6.09. The summed E-state index contributed by atoms with van der Waals surface area (Å²) in [6.45, 7) is 6.83. The Morgan fingerprint density at radius 1 is 1.41 bits per heavy atom. The first kappa shape index (κ1) is 12.2. The molecule has 2 N–H and O–H groups in total. The molecule has 0 saturated heterocycles. The standard InChI is InChI=1S/C12H16ClN3O/c1-7-12(13)8(2)16(15-7)6-11-4-10(5-14)9(3)17-11/h4H,5-6,14H2,1-3H3. The summed E-state index contributed by atoms with van der Waals surface area (Å²) in [7, 11) is 0. The number of hydrogen-bond acceptors (Lipinski definition) is 3. The summed E-state index contributed by atoms with van der Waals surface area (Å²) in [5.74, 6) is 1.72. The van der Waals surface area contributed by atoms with Crippen LogP contribution in [-0.4, -0.2) is 9.78 Å². The highest BCUT2D eigenvalue weighted by Gasteiger charge is 2.12. The Morgan fingerprint density at radius 3 is 2.59 bits per heavy atom. The molecule has 0 fully saturated rings. The second kappa shape index (κ2) is 4.55. The van der Waals surface area contributed by atoms with Crippen molar-refractivity contribution < 1.29 is 4.42 Å². The van der Waals surface area contributed by atoms with E-state index in [1.165, 1.54) is 0 Å². The number of hydrogen-bond donors (Lipinski definition) is 1. The van der Waals surface area contributed by atoms with E-state index < -0.39 is 0 Å². The fraction of sp³-hybridized carbons (Fsp3) is 0.417. The van der Waals surface area contributed by atoms with Crippen LogP contribution in [0.1, 0.15) is 28.5 Å². The molecule has 0 amide bonds. The van der Waals surface area contributed by atoms with Crippen molar-refractivity contribution in [1.29, 1.82) is 0 Å². The lowest BCUT2D eigenvalue weighted by Crippen LogP contribution is -2.03. The number of halogens is 1. The minimum atomic E-state index is 0.493. The third-order valence-corrected chi connectivity index (χ3v) is 3.44. The first-order chi connectivity index (χ1) is 8.02. The number of nitrogens with two attached hydrogens (primary N) is 1. The first-order valence-electron chi connectivity index (χ1n) is 5.50. The number of furan rings is 1. The minimum Gasteiger partial charge on any atom is -0.464 e. The van der Waals surface area contributed by atoms with Crippen molar-refractivity contribution in [2.75, 3.05) is 0 Å². The van der Waals surface area contributed by atoms with E-state index in [9.17, 15) is 0 Å². The lowest BCUT2D eigenvalue weighted by molar-refractivity contribution is 0.454. The number of nitrogens with zero attached hydrogens (tertiary/aromatic N) is 2. The van der Waals surface area contributed by atoms with Crippen LogP contribution in [0.2, 0.25) is 5.02 Å². The normalized spacial score (nSPS) is 11.1. The van der Waals surface area contributed by atoms with E-state index in [-0.39, 0.29) is 0 Å². The summed E-state index contributed by atoms with van der Waals surface area (Å²) in [4.78, 5) is 0. The highest BCUT2D eigenvalue weighted by Crippen LogP contribution is 2.21. The van der Waals surface area contributed by atoms with Gasteiger partial charge in [0, 0.05) is 12.1 Å². The molecule has 2 rings (SSSR count). The van der Waals surface area contributed by atoms with Gasteiger partial charge in [0.25, 0.3) is 0 Å². The van der Waals surface area contributed by atoms with Gasteiger partial charge in [0.1, 0.15) is 11.5 Å². The van der Waals surface area contributed by atoms with Gasteiger partial charge in [-0.3, -0.25) is 4.68 Å². The molecule has 2 aromatic rings. The summed E-state index contributed by atoms with van der Waals surface area (Å²) in [5, 5.41) is 5.08. The van der Waals surface area contributed by atoms with Gasteiger partial charge in [-0.05, 0) is 26.8 Å². The Labute approximate surface area is 105 Å². The Kier molecular flexibility index (Phi) is 3.26. The maximum atomic E-state index is 6.09. The van der Waals surface area contributed by atoms with Crippen LogP contribution >= 0.6 is 11.6 Å². The average molecular weight is 254 g/mol. The molecule has 0 bridgehead atoms. The van der Waals surface area contributed by atoms with Crippen LogP contribution in [0, 0.1) is 20.8 Å². The molecule has 0 unspecified atom stereocenters. The molecule has 0 aliphatic heterocycles. The summed E-state index contributed by atoms with van der Waals surface area (Å²) >= 11 is 6.09. The smallest absolute Gasteiger partial charge is 0.125 e. The van der Waals surface area contributed by atoms with Gasteiger partial charge in [0.2, 0.25) is 0 Å². The van der Waals surface area contributed by atoms with Crippen molar-refractivity contribution in [3.05, 3.63) is 39.6 Å². The van der Waals surface area contributed by atoms with Crippen molar-refractivity contribution in [3.63, 3.8) is 0 Å². The summed E-state index contributed by atoms with van der Waals surface area (Å²) in [6.07, 6.45) is 0. The summed E-state index contributed by atoms with van der Waals surface area (Å²) in [5.41, 5.74) is 8.44. The molecule has 0 spiro atoms. The van der Waals surface area contributed by atoms with Crippen LogP contribution in [0.15, 0.2) is 10.5 Å². The van der Waals surface area contributed by atoms with Gasteiger partial charge in [-0.25, -0.2) is 0 Å². The zero-order valence-electron chi connectivity index (χ0n) is 10.2. The molecule has 0 aliphatic carbocycles. The van der Waals surface area contributed by atoms with Gasteiger partial charge >= 0.3 is 0 Å². The van der Waals surface area contributed by atoms with Crippen LogP contribution in [0.3, 0.4) is 0 Å². The highest BCUT2D eigenvalue weighted by molar-refractivity contribution is 6.31. The number of aromatic nitrogens is 2. The number of rotatable bonds is 3. The molecule has 0 atom stereocenters. The SMILES string of the molecule is Cc1nn(Cc2cc(CN)c(C)o2)c(C)c1Cl. The Morgan fingerprint density at radius 2 is 2.12 bits per heavy atom. The first-order valence-corrected chi connectivity index (χ1v) is 5.88. The largest absolute Gasteiger partial charge is 0.464 e. The summed E-state index contributed by atoms with van der Waals surface area (Å²) in [6, 6.07) is 1.97. The second-order valence-corrected chi connectivity index (χ2v) is 4.52. The monoisotopic (exact) mass is 253 g/mol. The van der Waals surface area contributed by atoms with Gasteiger partial charge in [0.15, 0.2) is 0 Å². The van der Waals surface area contributed by atoms with E-state index >= 15 is 0 Å². The van der Waals surface area contributed by atoms with Crippen molar-refractivity contribution in [2.45, 2.75) is 33.9 Å². The molecule has 0 radical (unpaired) electrons. The van der Waals surface area contributed by atoms with Gasteiger partial charge in [-0.2, -0.15) is 5.10 Å². The van der Waals surface area contributed by atoms with Crippen molar-refractivity contribution in [1.82, 2.24) is 9.78 Å². The number of aryl methyl sites for hydroxylation is 2. The fourth-order valence-corrected chi connectivity index (χ4v) is 1.98. The van der Waals surface area contributed by atoms with Gasteiger partial charge < -0.3 is 10.2 Å². The zero-order valence-corrected chi connectivity index (χ0v) is 11.0. The van der Waals surface area contributed by atoms with Crippen molar-refractivity contribution >= 4 is 11.6 Å². The molecule has 0 aromatic carbocycles. The van der Waals surface area contributed by atoms with Gasteiger partial charge in [-0.15, -0.1) is 0 Å². The Balaban J connectivity index is 2.28. The Hall–Kier alpha value is -1.26. The van der Waals surface area contributed by atoms with Crippen molar-refractivity contribution in [2.24, 2.45) is 5.73 Å². The third-order valence-electron chi connectivity index (χ3n) is 2.89. The van der Waals surface area contributed by atoms with E-state index in [2.05, 4.69) is 5.10 Å². The van der Waals surface area contributed by atoms with Gasteiger partial charge in [0.05, 0.1) is 23.0 Å². The van der Waals surface area contributed by atoms with Crippen LogP contribution in [-0.2, 0) is 13.1 Å². The molecule has 4 nitrogen and oxygen atoms in total. The molecular weight excluding hydrogens is 238 g/mol. The molecule has 92 valence electrons. The molecule has 2 heterocycles. The predicted octanol–water partition coefficient (Wildman–Crippen LogP) is 2.56. The topological polar surface area (TPSA) is 57.0 Å². The lowest BCUT2D eigenvalue weighted by Gasteiger charge is -2.00. The lowest BCUT2D eigenvalue weighted by atomic mass is 10.2. The van der Waals surface area contributed by atoms with Crippen LogP contribution in [0.25, 0.3) is 0 Å². The quantitative estimate of drug-likeness (QED) is 0.915. The van der Waals surface area contributed by atoms with E-state index in [1.54, 1.807) is 0 Å². The molecular formula is C12H16ClN3O. The molecule has 0 aliphatic rings. The summed E-state index contributed by atoms with van der Waals surface area (Å²) < 4.78 is 7.47. The van der Waals surface area contributed by atoms with E-state index in [4.69, 9.17) is 21.8 Å². The van der Waals surface area contributed by atoms with E-state index in [0.717, 1.165) is 28.5 Å². The third kappa shape index (κ3) is 2.23. The molecule has 2 aromatic heterocycles. The fourth-order valence-electron chi connectivity index (χ4n) is 1.84. The molecule has 17 heavy (non-hydrogen) atoms. The van der Waals surface area contributed by atoms with E-state index in [0.29, 0.717) is 18.1 Å². The Bertz CT molecular complexity index is 542. The minimum absolute atomic E-state index is 0.493. The van der Waals surface area contributed by atoms with Gasteiger partial charge in [-0.1, -0.05) is 11.6 Å². The predicted molar refractivity (Wildman–Crippen MR) is 67.1 cm³/mol. The van der Waals surface area contributed by atoms with Crippen LogP contribution < -0.4 is 5.73 Å². The van der Waals surface area contributed by atoms with Crippen LogP contribution in [0.4, 0.5) is 0 Å². The molecule has 0 saturated carbocycles.